The number of carbonyl (C=O) groups excluding carboxylic acids is 1. The number of alkyl carbamates (subject to hydrolysis) is 1. The van der Waals surface area contributed by atoms with Crippen LogP contribution in [0.3, 0.4) is 0 Å². The lowest BCUT2D eigenvalue weighted by Gasteiger charge is -2.22. The Morgan fingerprint density at radius 1 is 1.19 bits per heavy atom. The van der Waals surface area contributed by atoms with Crippen molar-refractivity contribution in [1.82, 2.24) is 10.3 Å². The molecule has 2 atom stereocenters. The van der Waals surface area contributed by atoms with E-state index in [1.54, 1.807) is 6.20 Å². The van der Waals surface area contributed by atoms with Crippen LogP contribution >= 0.6 is 7.60 Å². The SMILES string of the molecule is COP(=O)(O)C(Cc1c[nH]c2ccccc12)NC(=O)OCc1ccccc1. The molecule has 1 heterocycles. The average Bonchev–Trinajstić information content (AvgIpc) is 3.10. The molecule has 0 aliphatic rings. The van der Waals surface area contributed by atoms with E-state index < -0.39 is 19.5 Å². The van der Waals surface area contributed by atoms with Crippen molar-refractivity contribution >= 4 is 24.6 Å². The zero-order valence-corrected chi connectivity index (χ0v) is 15.7. The molecule has 1 aromatic heterocycles. The molecule has 0 aliphatic carbocycles. The Labute approximate surface area is 156 Å². The number of amides is 1. The van der Waals surface area contributed by atoms with Crippen LogP contribution in [0, 0.1) is 0 Å². The monoisotopic (exact) mass is 388 g/mol. The third-order valence-corrected chi connectivity index (χ3v) is 5.86. The van der Waals surface area contributed by atoms with Gasteiger partial charge in [0, 0.05) is 30.6 Å². The summed E-state index contributed by atoms with van der Waals surface area (Å²) >= 11 is 0. The Morgan fingerprint density at radius 3 is 2.63 bits per heavy atom. The molecular formula is C19H21N2O5P. The molecule has 2 unspecified atom stereocenters. The Morgan fingerprint density at radius 2 is 1.89 bits per heavy atom. The fourth-order valence-electron chi connectivity index (χ4n) is 2.78. The highest BCUT2D eigenvalue weighted by molar-refractivity contribution is 7.53. The number of rotatable bonds is 7. The van der Waals surface area contributed by atoms with E-state index in [-0.39, 0.29) is 13.0 Å². The lowest BCUT2D eigenvalue weighted by molar-refractivity contribution is 0.136. The number of aromatic nitrogens is 1. The van der Waals surface area contributed by atoms with Gasteiger partial charge in [-0.15, -0.1) is 0 Å². The molecule has 0 radical (unpaired) electrons. The van der Waals surface area contributed by atoms with Crippen LogP contribution in [-0.2, 0) is 26.9 Å². The van der Waals surface area contributed by atoms with E-state index in [0.29, 0.717) is 0 Å². The second kappa shape index (κ2) is 8.39. The topological polar surface area (TPSA) is 101 Å². The van der Waals surface area contributed by atoms with Crippen LogP contribution in [0.25, 0.3) is 10.9 Å². The van der Waals surface area contributed by atoms with Crippen molar-refractivity contribution in [2.75, 3.05) is 7.11 Å². The minimum absolute atomic E-state index is 0.0647. The van der Waals surface area contributed by atoms with Crippen molar-refractivity contribution in [2.24, 2.45) is 0 Å². The number of H-pyrrole nitrogens is 1. The molecule has 3 aromatic rings. The highest BCUT2D eigenvalue weighted by Gasteiger charge is 2.34. The van der Waals surface area contributed by atoms with Gasteiger partial charge in [-0.05, 0) is 17.2 Å². The molecule has 8 heteroatoms. The number of fused-ring (bicyclic) bond motifs is 1. The summed E-state index contributed by atoms with van der Waals surface area (Å²) in [7, 11) is -2.94. The van der Waals surface area contributed by atoms with E-state index >= 15 is 0 Å². The van der Waals surface area contributed by atoms with E-state index in [9.17, 15) is 14.3 Å². The molecule has 0 saturated heterocycles. The lowest BCUT2D eigenvalue weighted by atomic mass is 10.1. The third kappa shape index (κ3) is 4.77. The fourth-order valence-corrected chi connectivity index (χ4v) is 3.74. The van der Waals surface area contributed by atoms with E-state index in [1.165, 1.54) is 0 Å². The van der Waals surface area contributed by atoms with Gasteiger partial charge in [0.15, 0.2) is 0 Å². The number of ether oxygens (including phenoxy) is 1. The molecular weight excluding hydrogens is 367 g/mol. The molecule has 3 rings (SSSR count). The maximum absolute atomic E-state index is 12.4. The van der Waals surface area contributed by atoms with E-state index in [2.05, 4.69) is 10.3 Å². The molecule has 2 aromatic carbocycles. The summed E-state index contributed by atoms with van der Waals surface area (Å²) in [4.78, 5) is 25.4. The van der Waals surface area contributed by atoms with Crippen LogP contribution in [-0.4, -0.2) is 28.9 Å². The summed E-state index contributed by atoms with van der Waals surface area (Å²) in [6, 6.07) is 16.8. The van der Waals surface area contributed by atoms with Crippen molar-refractivity contribution in [3.63, 3.8) is 0 Å². The second-order valence-electron chi connectivity index (χ2n) is 6.03. The van der Waals surface area contributed by atoms with Crippen molar-refractivity contribution in [3.8, 4) is 0 Å². The smallest absolute Gasteiger partial charge is 0.408 e. The highest BCUT2D eigenvalue weighted by atomic mass is 31.2. The molecule has 7 nitrogen and oxygen atoms in total. The standard InChI is InChI=1S/C19H21N2O5P/c1-25-27(23,24)18(11-15-12-20-17-10-6-5-9-16(15)17)21-19(22)26-13-14-7-3-2-4-8-14/h2-10,12,18,20H,11,13H2,1H3,(H,21,22)(H,23,24). The Hall–Kier alpha value is -2.60. The minimum atomic E-state index is -4.08. The summed E-state index contributed by atoms with van der Waals surface area (Å²) < 4.78 is 22.3. The Balaban J connectivity index is 1.72. The molecule has 3 N–H and O–H groups in total. The van der Waals surface area contributed by atoms with Gasteiger partial charge in [-0.2, -0.15) is 0 Å². The molecule has 0 aliphatic heterocycles. The van der Waals surface area contributed by atoms with Crippen LogP contribution in [0.5, 0.6) is 0 Å². The largest absolute Gasteiger partial charge is 0.445 e. The lowest BCUT2D eigenvalue weighted by Crippen LogP contribution is -2.37. The first kappa shape index (κ1) is 19.2. The van der Waals surface area contributed by atoms with Crippen molar-refractivity contribution in [3.05, 3.63) is 71.9 Å². The molecule has 0 bridgehead atoms. The first-order valence-corrected chi connectivity index (χ1v) is 10.0. The summed E-state index contributed by atoms with van der Waals surface area (Å²) in [6.45, 7) is 0.0647. The van der Waals surface area contributed by atoms with Gasteiger partial charge in [0.2, 0.25) is 0 Å². The van der Waals surface area contributed by atoms with Gasteiger partial charge in [-0.25, -0.2) is 4.79 Å². The second-order valence-corrected chi connectivity index (χ2v) is 8.15. The predicted octanol–water partition coefficient (Wildman–Crippen LogP) is 3.79. The third-order valence-electron chi connectivity index (χ3n) is 4.24. The quantitative estimate of drug-likeness (QED) is 0.535. The summed E-state index contributed by atoms with van der Waals surface area (Å²) in [6.07, 6.45) is 1.09. The predicted molar refractivity (Wildman–Crippen MR) is 102 cm³/mol. The number of nitrogens with one attached hydrogen (secondary N) is 2. The van der Waals surface area contributed by atoms with Crippen LogP contribution in [0.1, 0.15) is 11.1 Å². The summed E-state index contributed by atoms with van der Waals surface area (Å²) in [5.41, 5.74) is 2.52. The van der Waals surface area contributed by atoms with E-state index in [4.69, 9.17) is 9.26 Å². The number of hydrogen-bond donors (Lipinski definition) is 3. The Bertz CT molecular complexity index is 957. The van der Waals surface area contributed by atoms with Gasteiger partial charge in [0.05, 0.1) is 0 Å². The normalized spacial score (nSPS) is 14.4. The maximum atomic E-state index is 12.4. The average molecular weight is 388 g/mol. The van der Waals surface area contributed by atoms with Gasteiger partial charge in [-0.1, -0.05) is 48.5 Å². The molecule has 0 saturated carbocycles. The zero-order valence-electron chi connectivity index (χ0n) is 14.8. The van der Waals surface area contributed by atoms with Crippen molar-refractivity contribution < 1.29 is 23.5 Å². The van der Waals surface area contributed by atoms with Gasteiger partial charge in [0.25, 0.3) is 0 Å². The minimum Gasteiger partial charge on any atom is -0.445 e. The van der Waals surface area contributed by atoms with Gasteiger partial charge in [-0.3, -0.25) is 4.57 Å². The number of para-hydroxylation sites is 1. The summed E-state index contributed by atoms with van der Waals surface area (Å²) in [5, 5.41) is 3.38. The molecule has 0 fully saturated rings. The molecule has 27 heavy (non-hydrogen) atoms. The van der Waals surface area contributed by atoms with E-state index in [0.717, 1.165) is 29.1 Å². The fraction of sp³-hybridized carbons (Fsp3) is 0.211. The zero-order chi connectivity index (χ0) is 19.3. The maximum Gasteiger partial charge on any atom is 0.408 e. The van der Waals surface area contributed by atoms with Crippen LogP contribution in [0.15, 0.2) is 60.8 Å². The Kier molecular flexibility index (Phi) is 5.96. The van der Waals surface area contributed by atoms with Crippen LogP contribution in [0.2, 0.25) is 0 Å². The molecule has 1 amide bonds. The first-order valence-electron chi connectivity index (χ1n) is 8.40. The number of hydrogen-bond acceptors (Lipinski definition) is 4. The number of benzene rings is 2. The van der Waals surface area contributed by atoms with Gasteiger partial charge in [0.1, 0.15) is 12.4 Å². The van der Waals surface area contributed by atoms with Gasteiger partial charge < -0.3 is 24.5 Å². The number of carbonyl (C=O) groups is 1. The molecule has 0 spiro atoms. The van der Waals surface area contributed by atoms with Crippen molar-refractivity contribution in [1.29, 1.82) is 0 Å². The van der Waals surface area contributed by atoms with Gasteiger partial charge >= 0.3 is 13.7 Å². The highest BCUT2D eigenvalue weighted by Crippen LogP contribution is 2.47. The van der Waals surface area contributed by atoms with Crippen LogP contribution in [0.4, 0.5) is 4.79 Å². The molecule has 142 valence electrons. The van der Waals surface area contributed by atoms with Crippen LogP contribution < -0.4 is 5.32 Å². The summed E-state index contributed by atoms with van der Waals surface area (Å²) in [5.74, 6) is -1.13. The van der Waals surface area contributed by atoms with Crippen molar-refractivity contribution in [2.45, 2.75) is 18.8 Å². The number of aromatic amines is 1. The van der Waals surface area contributed by atoms with E-state index in [1.807, 2.05) is 54.6 Å². The first-order chi connectivity index (χ1) is 13.0.